The first-order valence-electron chi connectivity index (χ1n) is 17.1. The fraction of sp³-hybridized carbons (Fsp3) is 0.417. The molecular weight excluding hydrogens is 895 g/mol. The first-order chi connectivity index (χ1) is 28.8. The maximum atomic E-state index is 15.1. The zero-order chi connectivity index (χ0) is 48.9. The summed E-state index contributed by atoms with van der Waals surface area (Å²) in [6.07, 6.45) is -15.9. The number of hydrogen-bond donors (Lipinski definition) is 5. The summed E-state index contributed by atoms with van der Waals surface area (Å²) in [7, 11) is 5.71. The Morgan fingerprint density at radius 3 is 1.68 bits per heavy atom. The average Bonchev–Trinajstić information content (AvgIpc) is 3.61. The number of aliphatic carboxylic acids is 4. The number of aromatic nitrogens is 1. The van der Waals surface area contributed by atoms with Gasteiger partial charge in [0.05, 0.1) is 12.8 Å². The van der Waals surface area contributed by atoms with Crippen LogP contribution in [0.2, 0.25) is 0 Å². The number of likely N-dealkylation sites (N-methyl/N-ethyl adjacent to an activating group) is 1. The molecule has 2 heterocycles. The maximum Gasteiger partial charge on any atom is 0.490 e. The van der Waals surface area contributed by atoms with Gasteiger partial charge in [-0.3, -0.25) is 9.88 Å². The Labute approximate surface area is 348 Å². The topological polar surface area (TPSA) is 199 Å². The van der Waals surface area contributed by atoms with Crippen molar-refractivity contribution in [2.75, 3.05) is 59.3 Å². The van der Waals surface area contributed by atoms with Crippen LogP contribution in [0.4, 0.5) is 62.8 Å². The van der Waals surface area contributed by atoms with Gasteiger partial charge in [0.25, 0.3) is 0 Å². The molecule has 0 bridgehead atoms. The van der Waals surface area contributed by atoms with E-state index < -0.39 is 48.6 Å². The minimum atomic E-state index is -5.08. The van der Waals surface area contributed by atoms with Crippen LogP contribution < -0.4 is 14.8 Å². The van der Waals surface area contributed by atoms with Crippen molar-refractivity contribution < 1.29 is 106 Å². The van der Waals surface area contributed by atoms with Gasteiger partial charge in [-0.25, -0.2) is 23.6 Å². The summed E-state index contributed by atoms with van der Waals surface area (Å²) in [5.74, 6) is -9.26. The lowest BCUT2D eigenvalue weighted by Gasteiger charge is -2.19. The Bertz CT molecular complexity index is 1800. The number of nitrogens with one attached hydrogen (secondary N) is 1. The summed E-state index contributed by atoms with van der Waals surface area (Å²) in [4.78, 5) is 44.2. The Balaban J connectivity index is 0.00000111. The molecule has 27 heteroatoms. The smallest absolute Gasteiger partial charge is 0.490 e. The Morgan fingerprint density at radius 1 is 0.778 bits per heavy atom. The highest BCUT2D eigenvalue weighted by atomic mass is 19.4. The van der Waals surface area contributed by atoms with E-state index in [0.29, 0.717) is 29.5 Å². The lowest BCUT2D eigenvalue weighted by Crippen LogP contribution is -2.23. The van der Waals surface area contributed by atoms with Crippen molar-refractivity contribution in [1.82, 2.24) is 14.8 Å². The number of benzene rings is 2. The molecule has 354 valence electrons. The van der Waals surface area contributed by atoms with E-state index in [4.69, 9.17) is 49.1 Å². The number of carboxylic acid groups (broad SMARTS) is 4. The van der Waals surface area contributed by atoms with Gasteiger partial charge < -0.3 is 40.1 Å². The fourth-order valence-electron chi connectivity index (χ4n) is 4.41. The molecule has 0 saturated carbocycles. The molecule has 1 aromatic heterocycles. The van der Waals surface area contributed by atoms with E-state index in [0.717, 1.165) is 50.5 Å². The van der Waals surface area contributed by atoms with Gasteiger partial charge in [-0.15, -0.1) is 0 Å². The second kappa shape index (κ2) is 25.7. The van der Waals surface area contributed by atoms with Crippen LogP contribution in [0.25, 0.3) is 11.1 Å². The van der Waals surface area contributed by atoms with Gasteiger partial charge in [-0.05, 0) is 74.4 Å². The minimum Gasteiger partial charge on any atom is -0.497 e. The fourth-order valence-corrected chi connectivity index (χ4v) is 4.41. The standard InChI is InChI=1S/C28H35FN4O2.4C2HF3O2/c1-32(2)13-14-35-28-16-25(23-7-10-30-11-8-23)26(29)17-27(28)31-18-22-9-12-33(20-22)19-21-5-4-6-24(15-21)34-3;4*3-2(4,5)1(6)7/h4-8,10-11,15-17,22,31H,9,12-14,18-20H2,1-3H3;4*(H,6,7). The number of rotatable bonds is 11. The molecule has 14 nitrogen and oxygen atoms in total. The minimum absolute atomic E-state index is 0.273. The molecule has 63 heavy (non-hydrogen) atoms. The van der Waals surface area contributed by atoms with E-state index in [9.17, 15) is 52.7 Å². The molecule has 1 fully saturated rings. The van der Waals surface area contributed by atoms with Crippen molar-refractivity contribution in [2.45, 2.75) is 37.7 Å². The second-order valence-corrected chi connectivity index (χ2v) is 12.5. The number of nitrogens with zero attached hydrogens (tertiary/aromatic N) is 3. The van der Waals surface area contributed by atoms with Crippen molar-refractivity contribution in [1.29, 1.82) is 0 Å². The third-order valence-corrected chi connectivity index (χ3v) is 7.32. The van der Waals surface area contributed by atoms with E-state index in [2.05, 4.69) is 32.2 Å². The largest absolute Gasteiger partial charge is 0.497 e. The first-order valence-corrected chi connectivity index (χ1v) is 17.1. The zero-order valence-corrected chi connectivity index (χ0v) is 32.8. The molecule has 0 aliphatic carbocycles. The summed E-state index contributed by atoms with van der Waals surface area (Å²) in [5.41, 5.74) is 3.25. The molecule has 2 aromatic carbocycles. The number of pyridine rings is 1. The van der Waals surface area contributed by atoms with Crippen LogP contribution in [0.15, 0.2) is 60.9 Å². The van der Waals surface area contributed by atoms with Gasteiger partial charge in [0.2, 0.25) is 0 Å². The molecule has 1 atom stereocenters. The molecule has 0 radical (unpaired) electrons. The Kier molecular flexibility index (Phi) is 23.2. The highest BCUT2D eigenvalue weighted by Crippen LogP contribution is 2.34. The number of halogens is 13. The molecule has 1 aliphatic rings. The van der Waals surface area contributed by atoms with E-state index in [1.165, 1.54) is 5.56 Å². The predicted molar refractivity (Wildman–Crippen MR) is 193 cm³/mol. The van der Waals surface area contributed by atoms with Crippen molar-refractivity contribution in [3.8, 4) is 22.6 Å². The number of likely N-dealkylation sites (tertiary alicyclic amines) is 1. The van der Waals surface area contributed by atoms with Gasteiger partial charge in [0.15, 0.2) is 0 Å². The SMILES string of the molecule is COc1cccc(CN2CCC(CNc3cc(F)c(-c4ccncc4)cc3OCCN(C)C)C2)c1.O=C(O)C(F)(F)F.O=C(O)C(F)(F)F.O=C(O)C(F)(F)F.O=C(O)C(F)(F)F. The van der Waals surface area contributed by atoms with Crippen LogP contribution in [-0.4, -0.2) is 138 Å². The van der Waals surface area contributed by atoms with Crippen LogP contribution in [0, 0.1) is 11.7 Å². The summed E-state index contributed by atoms with van der Waals surface area (Å²) >= 11 is 0. The molecule has 3 aromatic rings. The quantitative estimate of drug-likeness (QED) is 0.120. The summed E-state index contributed by atoms with van der Waals surface area (Å²) < 4.78 is 153. The lowest BCUT2D eigenvalue weighted by molar-refractivity contribution is -0.193. The highest BCUT2D eigenvalue weighted by Gasteiger charge is 2.40. The molecule has 5 N–H and O–H groups in total. The van der Waals surface area contributed by atoms with Crippen LogP contribution in [-0.2, 0) is 25.7 Å². The van der Waals surface area contributed by atoms with Crippen LogP contribution in [0.3, 0.4) is 0 Å². The van der Waals surface area contributed by atoms with E-state index in [1.807, 2.05) is 38.4 Å². The summed E-state index contributed by atoms with van der Waals surface area (Å²) in [5, 5.41) is 32.0. The van der Waals surface area contributed by atoms with Gasteiger partial charge in [-0.2, -0.15) is 52.7 Å². The molecule has 1 aliphatic heterocycles. The zero-order valence-electron chi connectivity index (χ0n) is 32.8. The first kappa shape index (κ1) is 56.9. The monoisotopic (exact) mass is 934 g/mol. The lowest BCUT2D eigenvalue weighted by atomic mass is 10.0. The normalized spacial score (nSPS) is 13.9. The summed E-state index contributed by atoms with van der Waals surface area (Å²) in [6, 6.07) is 15.2. The number of methoxy groups -OCH3 is 1. The van der Waals surface area contributed by atoms with E-state index in [1.54, 1.807) is 31.6 Å². The number of carboxylic acids is 4. The van der Waals surface area contributed by atoms with Gasteiger partial charge in [-0.1, -0.05) is 12.1 Å². The van der Waals surface area contributed by atoms with Crippen LogP contribution >= 0.6 is 0 Å². The molecular formula is C36H39F13N4O10. The maximum absolute atomic E-state index is 15.1. The number of alkyl halides is 12. The van der Waals surface area contributed by atoms with Crippen molar-refractivity contribution in [2.24, 2.45) is 5.92 Å². The highest BCUT2D eigenvalue weighted by molar-refractivity contribution is 5.74. The van der Waals surface area contributed by atoms with E-state index in [-0.39, 0.29) is 5.82 Å². The van der Waals surface area contributed by atoms with Crippen molar-refractivity contribution in [3.63, 3.8) is 0 Å². The van der Waals surface area contributed by atoms with Crippen LogP contribution in [0.5, 0.6) is 11.5 Å². The molecule has 1 saturated heterocycles. The molecule has 1 unspecified atom stereocenters. The number of anilines is 1. The average molecular weight is 935 g/mol. The second-order valence-electron chi connectivity index (χ2n) is 12.5. The third-order valence-electron chi connectivity index (χ3n) is 7.32. The van der Waals surface area contributed by atoms with Crippen molar-refractivity contribution in [3.05, 3.63) is 72.3 Å². The van der Waals surface area contributed by atoms with Crippen molar-refractivity contribution >= 4 is 29.6 Å². The number of ether oxygens (including phenoxy) is 2. The predicted octanol–water partition coefficient (Wildman–Crippen LogP) is 7.30. The third kappa shape index (κ3) is 24.2. The number of hydrogen-bond acceptors (Lipinski definition) is 10. The molecule has 0 amide bonds. The van der Waals surface area contributed by atoms with E-state index >= 15 is 4.39 Å². The summed E-state index contributed by atoms with van der Waals surface area (Å²) in [6.45, 7) is 5.03. The van der Waals surface area contributed by atoms with Gasteiger partial charge in [0.1, 0.15) is 23.9 Å². The molecule has 4 rings (SSSR count). The Hall–Kier alpha value is -6.12. The molecule has 0 spiro atoms. The number of carbonyl (C=O) groups is 4. The van der Waals surface area contributed by atoms with Gasteiger partial charge in [0, 0.05) is 50.2 Å². The Morgan fingerprint density at radius 2 is 1.25 bits per heavy atom. The van der Waals surface area contributed by atoms with Crippen LogP contribution in [0.1, 0.15) is 12.0 Å². The van der Waals surface area contributed by atoms with Gasteiger partial charge >= 0.3 is 48.6 Å².